The second-order valence-corrected chi connectivity index (χ2v) is 4.97. The predicted molar refractivity (Wildman–Crippen MR) is 67.5 cm³/mol. The van der Waals surface area contributed by atoms with E-state index in [1.165, 1.54) is 4.90 Å². The number of carbonyl (C=O) groups excluding carboxylic acids is 1. The molecule has 106 valence electrons. The molecule has 0 bridgehead atoms. The van der Waals surface area contributed by atoms with Gasteiger partial charge in [0.05, 0.1) is 12.1 Å². The van der Waals surface area contributed by atoms with E-state index in [0.29, 0.717) is 18.9 Å². The first-order valence-corrected chi connectivity index (χ1v) is 6.58. The molecule has 1 aromatic rings. The minimum atomic E-state index is -0.432. The van der Waals surface area contributed by atoms with Crippen LogP contribution >= 0.6 is 0 Å². The molecule has 7 nitrogen and oxygen atoms in total. The first-order valence-electron chi connectivity index (χ1n) is 6.58. The average Bonchev–Trinajstić information content (AvgIpc) is 3.04. The molecule has 0 saturated carbocycles. The molecule has 0 aliphatic carbocycles. The molecule has 1 aliphatic heterocycles. The van der Waals surface area contributed by atoms with Crippen molar-refractivity contribution in [2.24, 2.45) is 0 Å². The van der Waals surface area contributed by atoms with Gasteiger partial charge >= 0.3 is 0 Å². The summed E-state index contributed by atoms with van der Waals surface area (Å²) in [5, 5.41) is 16.2. The minimum absolute atomic E-state index is 0.0665. The van der Waals surface area contributed by atoms with Crippen molar-refractivity contribution in [2.75, 3.05) is 20.1 Å². The van der Waals surface area contributed by atoms with Crippen molar-refractivity contribution in [1.82, 2.24) is 20.4 Å². The highest BCUT2D eigenvalue weighted by atomic mass is 16.5. The SMILES string of the molecule is CC(O)CCN(C)C(=O)c1noc(C2CCCN2)n1. The Hall–Kier alpha value is -1.47. The van der Waals surface area contributed by atoms with Crippen LogP contribution in [0.2, 0.25) is 0 Å². The fourth-order valence-electron chi connectivity index (χ4n) is 2.01. The molecule has 2 rings (SSSR count). The van der Waals surface area contributed by atoms with E-state index >= 15 is 0 Å². The van der Waals surface area contributed by atoms with Gasteiger partial charge in [-0.3, -0.25) is 4.79 Å². The number of rotatable bonds is 5. The Balaban J connectivity index is 1.95. The summed E-state index contributed by atoms with van der Waals surface area (Å²) in [4.78, 5) is 17.7. The molecule has 0 spiro atoms. The zero-order valence-electron chi connectivity index (χ0n) is 11.3. The first-order chi connectivity index (χ1) is 9.08. The Kier molecular flexibility index (Phi) is 4.49. The van der Waals surface area contributed by atoms with E-state index in [9.17, 15) is 9.90 Å². The van der Waals surface area contributed by atoms with Crippen LogP contribution in [0.5, 0.6) is 0 Å². The van der Waals surface area contributed by atoms with Crippen molar-refractivity contribution >= 4 is 5.91 Å². The molecule has 7 heteroatoms. The van der Waals surface area contributed by atoms with Gasteiger partial charge in [-0.2, -0.15) is 4.98 Å². The molecule has 2 heterocycles. The van der Waals surface area contributed by atoms with Crippen molar-refractivity contribution in [3.8, 4) is 0 Å². The van der Waals surface area contributed by atoms with E-state index in [4.69, 9.17) is 4.52 Å². The number of aromatic nitrogens is 2. The van der Waals surface area contributed by atoms with Crippen LogP contribution in [0.15, 0.2) is 4.52 Å². The van der Waals surface area contributed by atoms with Gasteiger partial charge in [-0.15, -0.1) is 0 Å². The van der Waals surface area contributed by atoms with Crippen LogP contribution in [0.3, 0.4) is 0 Å². The second kappa shape index (κ2) is 6.12. The van der Waals surface area contributed by atoms with Crippen LogP contribution in [-0.4, -0.2) is 52.3 Å². The molecular weight excluding hydrogens is 248 g/mol. The van der Waals surface area contributed by atoms with E-state index in [0.717, 1.165) is 19.4 Å². The van der Waals surface area contributed by atoms with Gasteiger partial charge in [0.25, 0.3) is 11.7 Å². The highest BCUT2D eigenvalue weighted by Gasteiger charge is 2.25. The van der Waals surface area contributed by atoms with Crippen molar-refractivity contribution in [1.29, 1.82) is 0 Å². The number of aliphatic hydroxyl groups excluding tert-OH is 1. The zero-order chi connectivity index (χ0) is 13.8. The predicted octanol–water partition coefficient (Wildman–Crippen LogP) is 0.337. The number of nitrogens with one attached hydrogen (secondary N) is 1. The van der Waals surface area contributed by atoms with Gasteiger partial charge in [0, 0.05) is 13.6 Å². The highest BCUT2D eigenvalue weighted by molar-refractivity contribution is 5.90. The van der Waals surface area contributed by atoms with Crippen molar-refractivity contribution < 1.29 is 14.4 Å². The monoisotopic (exact) mass is 268 g/mol. The Morgan fingerprint density at radius 2 is 2.47 bits per heavy atom. The number of nitrogens with zero attached hydrogens (tertiary/aromatic N) is 3. The van der Waals surface area contributed by atoms with E-state index in [2.05, 4.69) is 15.5 Å². The third-order valence-electron chi connectivity index (χ3n) is 3.22. The number of hydrogen-bond acceptors (Lipinski definition) is 6. The van der Waals surface area contributed by atoms with Crippen molar-refractivity contribution in [3.63, 3.8) is 0 Å². The molecule has 2 N–H and O–H groups in total. The quantitative estimate of drug-likeness (QED) is 0.800. The van der Waals surface area contributed by atoms with Crippen LogP contribution in [-0.2, 0) is 0 Å². The van der Waals surface area contributed by atoms with E-state index in [1.54, 1.807) is 14.0 Å². The van der Waals surface area contributed by atoms with E-state index < -0.39 is 6.10 Å². The summed E-state index contributed by atoms with van der Waals surface area (Å²) in [6.07, 6.45) is 2.12. The lowest BCUT2D eigenvalue weighted by molar-refractivity contribution is 0.0754. The fourth-order valence-corrected chi connectivity index (χ4v) is 2.01. The lowest BCUT2D eigenvalue weighted by atomic mass is 10.2. The maximum absolute atomic E-state index is 12.0. The van der Waals surface area contributed by atoms with Crippen LogP contribution in [0.25, 0.3) is 0 Å². The summed E-state index contributed by atoms with van der Waals surface area (Å²) >= 11 is 0. The summed E-state index contributed by atoms with van der Waals surface area (Å²) < 4.78 is 5.12. The first kappa shape index (κ1) is 14.0. The Labute approximate surface area is 112 Å². The summed E-state index contributed by atoms with van der Waals surface area (Å²) in [5.41, 5.74) is 0. The number of carbonyl (C=O) groups is 1. The molecule has 0 radical (unpaired) electrons. The fraction of sp³-hybridized carbons (Fsp3) is 0.750. The highest BCUT2D eigenvalue weighted by Crippen LogP contribution is 2.21. The number of hydrogen-bond donors (Lipinski definition) is 2. The van der Waals surface area contributed by atoms with Crippen molar-refractivity contribution in [3.05, 3.63) is 11.7 Å². The van der Waals surface area contributed by atoms with Crippen molar-refractivity contribution in [2.45, 2.75) is 38.3 Å². The molecule has 1 aliphatic rings. The van der Waals surface area contributed by atoms with Gasteiger partial charge in [0.1, 0.15) is 0 Å². The molecule has 2 unspecified atom stereocenters. The van der Waals surface area contributed by atoms with Gasteiger partial charge in [-0.05, 0) is 32.7 Å². The van der Waals surface area contributed by atoms with Crippen LogP contribution in [0, 0.1) is 0 Å². The van der Waals surface area contributed by atoms with Crippen LogP contribution in [0.4, 0.5) is 0 Å². The summed E-state index contributed by atoms with van der Waals surface area (Å²) in [6.45, 7) is 3.09. The topological polar surface area (TPSA) is 91.5 Å². The van der Waals surface area contributed by atoms with Gasteiger partial charge in [0.15, 0.2) is 0 Å². The molecular formula is C12H20N4O3. The smallest absolute Gasteiger partial charge is 0.295 e. The van der Waals surface area contributed by atoms with Gasteiger partial charge in [-0.1, -0.05) is 5.16 Å². The van der Waals surface area contributed by atoms with Gasteiger partial charge in [-0.25, -0.2) is 0 Å². The standard InChI is InChI=1S/C12H20N4O3/c1-8(17)5-7-16(2)12(18)10-14-11(19-15-10)9-4-3-6-13-9/h8-9,13,17H,3-7H2,1-2H3. The third kappa shape index (κ3) is 3.51. The van der Waals surface area contributed by atoms with E-state index in [1.807, 2.05) is 0 Å². The second-order valence-electron chi connectivity index (χ2n) is 4.97. The Bertz CT molecular complexity index is 426. The normalized spacial score (nSPS) is 20.5. The van der Waals surface area contributed by atoms with Gasteiger partial charge in [0.2, 0.25) is 5.89 Å². The molecule has 1 fully saturated rings. The summed E-state index contributed by atoms with van der Waals surface area (Å²) in [6, 6.07) is 0.0665. The Morgan fingerprint density at radius 3 is 3.11 bits per heavy atom. The molecule has 1 aromatic heterocycles. The van der Waals surface area contributed by atoms with Gasteiger partial charge < -0.3 is 19.8 Å². The average molecular weight is 268 g/mol. The number of aliphatic hydroxyl groups is 1. The maximum Gasteiger partial charge on any atom is 0.295 e. The largest absolute Gasteiger partial charge is 0.393 e. The number of amides is 1. The van der Waals surface area contributed by atoms with Crippen LogP contribution < -0.4 is 5.32 Å². The molecule has 1 amide bonds. The van der Waals surface area contributed by atoms with E-state index in [-0.39, 0.29) is 17.8 Å². The lowest BCUT2D eigenvalue weighted by Gasteiger charge is -2.15. The molecule has 0 aromatic carbocycles. The zero-order valence-corrected chi connectivity index (χ0v) is 11.3. The Morgan fingerprint density at radius 1 is 1.68 bits per heavy atom. The maximum atomic E-state index is 12.0. The molecule has 1 saturated heterocycles. The minimum Gasteiger partial charge on any atom is -0.393 e. The molecule has 2 atom stereocenters. The van der Waals surface area contributed by atoms with Crippen LogP contribution in [0.1, 0.15) is 48.7 Å². The lowest BCUT2D eigenvalue weighted by Crippen LogP contribution is -2.30. The summed E-state index contributed by atoms with van der Waals surface area (Å²) in [7, 11) is 1.66. The third-order valence-corrected chi connectivity index (χ3v) is 3.22. The summed E-state index contributed by atoms with van der Waals surface area (Å²) in [5.74, 6) is 0.273. The molecule has 19 heavy (non-hydrogen) atoms.